The molecule has 1 fully saturated rings. The third-order valence-electron chi connectivity index (χ3n) is 4.71. The second-order valence-electron chi connectivity index (χ2n) is 6.59. The fourth-order valence-corrected chi connectivity index (χ4v) is 3.14. The van der Waals surface area contributed by atoms with Gasteiger partial charge in [-0.25, -0.2) is 14.4 Å². The zero-order chi connectivity index (χ0) is 21.4. The van der Waals surface area contributed by atoms with Gasteiger partial charge >= 0.3 is 18.0 Å². The largest absolute Gasteiger partial charge is 0.465 e. The molecule has 0 aliphatic heterocycles. The predicted molar refractivity (Wildman–Crippen MR) is 100 cm³/mol. The number of esters is 2. The highest BCUT2D eigenvalue weighted by Crippen LogP contribution is 2.28. The van der Waals surface area contributed by atoms with Gasteiger partial charge in [0.1, 0.15) is 18.3 Å². The molecule has 0 radical (unpaired) electrons. The molecule has 4 atom stereocenters. The van der Waals surface area contributed by atoms with Crippen LogP contribution < -0.4 is 5.32 Å². The van der Waals surface area contributed by atoms with Gasteiger partial charge in [-0.15, -0.1) is 0 Å². The van der Waals surface area contributed by atoms with Gasteiger partial charge in [0.05, 0.1) is 26.4 Å². The van der Waals surface area contributed by atoms with Crippen molar-refractivity contribution in [3.63, 3.8) is 0 Å². The molecule has 9 heteroatoms. The van der Waals surface area contributed by atoms with E-state index >= 15 is 0 Å². The molecule has 0 saturated heterocycles. The number of rotatable bonds is 6. The van der Waals surface area contributed by atoms with Crippen molar-refractivity contribution >= 4 is 18.0 Å². The summed E-state index contributed by atoms with van der Waals surface area (Å²) in [5.74, 6) is -2.43. The second-order valence-corrected chi connectivity index (χ2v) is 6.59. The summed E-state index contributed by atoms with van der Waals surface area (Å²) < 4.78 is 14.4. The van der Waals surface area contributed by atoms with Crippen LogP contribution in [0.3, 0.4) is 0 Å². The third-order valence-corrected chi connectivity index (χ3v) is 4.71. The average Bonchev–Trinajstić information content (AvgIpc) is 2.74. The molecule has 2 rings (SSSR count). The Labute approximate surface area is 168 Å². The molecular weight excluding hydrogens is 382 g/mol. The lowest BCUT2D eigenvalue weighted by atomic mass is 9.80. The first-order valence-electron chi connectivity index (χ1n) is 9.09. The summed E-state index contributed by atoms with van der Waals surface area (Å²) in [7, 11) is 2.24. The Morgan fingerprint density at radius 3 is 2.28 bits per heavy atom. The fraction of sp³-hybridized carbons (Fsp3) is 0.450. The number of hydrogen-bond acceptors (Lipinski definition) is 8. The van der Waals surface area contributed by atoms with Crippen molar-refractivity contribution in [1.29, 1.82) is 0 Å². The van der Waals surface area contributed by atoms with Gasteiger partial charge in [0, 0.05) is 5.92 Å². The van der Waals surface area contributed by atoms with Crippen LogP contribution in [0.4, 0.5) is 4.79 Å². The van der Waals surface area contributed by atoms with E-state index < -0.39 is 42.2 Å². The van der Waals surface area contributed by atoms with Crippen LogP contribution in [0.5, 0.6) is 0 Å². The first-order chi connectivity index (χ1) is 13.9. The molecular formula is C20H25NO8. The quantitative estimate of drug-likeness (QED) is 0.206. The molecule has 9 nitrogen and oxygen atoms in total. The van der Waals surface area contributed by atoms with Gasteiger partial charge < -0.3 is 29.7 Å². The van der Waals surface area contributed by atoms with Crippen molar-refractivity contribution in [3.05, 3.63) is 47.5 Å². The lowest BCUT2D eigenvalue weighted by Gasteiger charge is -2.37. The van der Waals surface area contributed by atoms with Crippen LogP contribution >= 0.6 is 0 Å². The van der Waals surface area contributed by atoms with Crippen LogP contribution in [-0.4, -0.2) is 60.7 Å². The van der Waals surface area contributed by atoms with Crippen LogP contribution in [-0.2, 0) is 30.4 Å². The van der Waals surface area contributed by atoms with Crippen LogP contribution in [0.15, 0.2) is 42.0 Å². The molecule has 1 saturated carbocycles. The highest BCUT2D eigenvalue weighted by atomic mass is 16.6. The Bertz CT molecular complexity index is 730. The number of aliphatic hydroxyl groups is 2. The lowest BCUT2D eigenvalue weighted by Crippen LogP contribution is -2.55. The molecule has 1 aromatic rings. The first-order valence-corrected chi connectivity index (χ1v) is 9.09. The zero-order valence-electron chi connectivity index (χ0n) is 16.2. The van der Waals surface area contributed by atoms with Crippen molar-refractivity contribution in [2.45, 2.75) is 37.7 Å². The number of carbonyl (C=O) groups is 3. The van der Waals surface area contributed by atoms with Crippen LogP contribution in [0.25, 0.3) is 0 Å². The lowest BCUT2D eigenvalue weighted by molar-refractivity contribution is -0.144. The number of alkyl carbamates (subject to hydrolysis) is 1. The summed E-state index contributed by atoms with van der Waals surface area (Å²) in [5, 5.41) is 22.9. The molecule has 1 aliphatic rings. The first kappa shape index (κ1) is 22.4. The van der Waals surface area contributed by atoms with Crippen LogP contribution in [0, 0.1) is 5.92 Å². The van der Waals surface area contributed by atoms with E-state index in [0.29, 0.717) is 6.42 Å². The minimum atomic E-state index is -1.31. The molecule has 0 heterocycles. The maximum absolute atomic E-state index is 12.2. The zero-order valence-corrected chi connectivity index (χ0v) is 16.2. The van der Waals surface area contributed by atoms with Crippen molar-refractivity contribution < 1.29 is 38.8 Å². The fourth-order valence-electron chi connectivity index (χ4n) is 3.14. The van der Waals surface area contributed by atoms with Crippen LogP contribution in [0.1, 0.15) is 18.4 Å². The van der Waals surface area contributed by atoms with E-state index in [1.165, 1.54) is 6.08 Å². The maximum Gasteiger partial charge on any atom is 0.407 e. The summed E-state index contributed by atoms with van der Waals surface area (Å²) in [4.78, 5) is 36.0. The summed E-state index contributed by atoms with van der Waals surface area (Å²) in [6.07, 6.45) is -1.38. The Balaban J connectivity index is 2.15. The summed E-state index contributed by atoms with van der Waals surface area (Å²) in [6, 6.07) is 8.04. The molecule has 0 bridgehead atoms. The molecule has 1 aromatic carbocycles. The summed E-state index contributed by atoms with van der Waals surface area (Å²) in [5.41, 5.74) is 0.426. The Morgan fingerprint density at radius 2 is 1.69 bits per heavy atom. The monoisotopic (exact) mass is 407 g/mol. The molecule has 0 unspecified atom stereocenters. The van der Waals surface area contributed by atoms with Crippen molar-refractivity contribution in [2.24, 2.45) is 5.92 Å². The smallest absolute Gasteiger partial charge is 0.407 e. The minimum absolute atomic E-state index is 0.0219. The average molecular weight is 407 g/mol. The van der Waals surface area contributed by atoms with E-state index in [-0.39, 0.29) is 18.6 Å². The number of benzene rings is 1. The van der Waals surface area contributed by atoms with E-state index in [0.717, 1.165) is 19.8 Å². The highest BCUT2D eigenvalue weighted by Gasteiger charge is 2.39. The van der Waals surface area contributed by atoms with Gasteiger partial charge in [-0.3, -0.25) is 0 Å². The van der Waals surface area contributed by atoms with Gasteiger partial charge in [-0.05, 0) is 18.4 Å². The maximum atomic E-state index is 12.2. The van der Waals surface area contributed by atoms with E-state index in [9.17, 15) is 24.6 Å². The predicted octanol–water partition coefficient (Wildman–Crippen LogP) is 0.686. The van der Waals surface area contributed by atoms with Gasteiger partial charge in [-0.1, -0.05) is 36.4 Å². The summed E-state index contributed by atoms with van der Waals surface area (Å²) in [6.45, 7) is 0.0219. The topological polar surface area (TPSA) is 131 Å². The van der Waals surface area contributed by atoms with E-state index in [4.69, 9.17) is 4.74 Å². The summed E-state index contributed by atoms with van der Waals surface area (Å²) >= 11 is 0. The SMILES string of the molecule is COC(=O)C(=C[C@H]1CC[C@H](O)[C@H](O)[C@H]1NC(=O)OCc1ccccc1)C(=O)OC. The van der Waals surface area contributed by atoms with Gasteiger partial charge in [0.25, 0.3) is 0 Å². The second kappa shape index (κ2) is 10.6. The molecule has 3 N–H and O–H groups in total. The molecule has 0 aromatic heterocycles. The van der Waals surface area contributed by atoms with Crippen molar-refractivity contribution in [2.75, 3.05) is 14.2 Å². The number of ether oxygens (including phenoxy) is 3. The van der Waals surface area contributed by atoms with Crippen molar-refractivity contribution in [3.8, 4) is 0 Å². The Morgan fingerprint density at radius 1 is 1.07 bits per heavy atom. The number of aliphatic hydroxyl groups excluding tert-OH is 2. The Kier molecular flexibility index (Phi) is 8.17. The number of nitrogens with one attached hydrogen (secondary N) is 1. The van der Waals surface area contributed by atoms with Gasteiger partial charge in [0.2, 0.25) is 0 Å². The minimum Gasteiger partial charge on any atom is -0.465 e. The molecule has 29 heavy (non-hydrogen) atoms. The normalized spacial score (nSPS) is 23.4. The number of hydrogen-bond donors (Lipinski definition) is 3. The highest BCUT2D eigenvalue weighted by molar-refractivity contribution is 6.14. The van der Waals surface area contributed by atoms with Gasteiger partial charge in [-0.2, -0.15) is 0 Å². The Hall–Kier alpha value is -2.91. The van der Waals surface area contributed by atoms with Crippen molar-refractivity contribution in [1.82, 2.24) is 5.32 Å². The number of carbonyl (C=O) groups excluding carboxylic acids is 3. The molecule has 1 aliphatic carbocycles. The van der Waals surface area contributed by atoms with E-state index in [1.54, 1.807) is 24.3 Å². The molecule has 1 amide bonds. The molecule has 158 valence electrons. The number of amides is 1. The van der Waals surface area contributed by atoms with Crippen LogP contribution in [0.2, 0.25) is 0 Å². The van der Waals surface area contributed by atoms with E-state index in [2.05, 4.69) is 14.8 Å². The standard InChI is InChI=1S/C20H25NO8/c1-27-18(24)14(19(25)28-2)10-13-8-9-15(22)17(23)16(13)21-20(26)29-11-12-6-4-3-5-7-12/h3-7,10,13,15-17,22-23H,8-9,11H2,1-2H3,(H,21,26)/t13-,15+,16+,17+/m1/s1. The van der Waals surface area contributed by atoms with E-state index in [1.807, 2.05) is 6.07 Å². The number of methoxy groups -OCH3 is 2. The third kappa shape index (κ3) is 6.03. The molecule has 0 spiro atoms. The van der Waals surface area contributed by atoms with Gasteiger partial charge in [0.15, 0.2) is 0 Å².